The number of fused-ring (bicyclic) bond motifs is 2. The van der Waals surface area contributed by atoms with E-state index in [1.165, 1.54) is 0 Å². The Hall–Kier alpha value is -2.40. The number of benzene rings is 2. The molecule has 0 radical (unpaired) electrons. The molecule has 0 saturated carbocycles. The van der Waals surface area contributed by atoms with Gasteiger partial charge in [-0.25, -0.2) is 0 Å². The van der Waals surface area contributed by atoms with Gasteiger partial charge < -0.3 is 10.2 Å². The fraction of sp³-hybridized carbons (Fsp3) is 0.333. The third kappa shape index (κ3) is 2.11. The van der Waals surface area contributed by atoms with Gasteiger partial charge in [0.05, 0.1) is 6.10 Å². The van der Waals surface area contributed by atoms with E-state index in [2.05, 4.69) is 0 Å². The van der Waals surface area contributed by atoms with Crippen LogP contribution in [-0.4, -0.2) is 15.1 Å². The van der Waals surface area contributed by atoms with E-state index in [9.17, 15) is 20.3 Å². The fourth-order valence-corrected chi connectivity index (χ4v) is 4.29. The molecule has 0 aromatic heterocycles. The van der Waals surface area contributed by atoms with Crippen molar-refractivity contribution in [2.24, 2.45) is 11.8 Å². The number of phenols is 1. The standard InChI is InChI=1S/C18H17NO4/c20-12-6-5-11-8-16(18(21)14(11)9-12)15-7-10-3-1-2-4-13(10)17(15)19(22)23/h1-6,9,15-18,20-21H,7-8H2. The summed E-state index contributed by atoms with van der Waals surface area (Å²) in [6.07, 6.45) is 0.461. The zero-order chi connectivity index (χ0) is 16.1. The van der Waals surface area contributed by atoms with Crippen molar-refractivity contribution in [2.75, 3.05) is 0 Å². The van der Waals surface area contributed by atoms with Crippen LogP contribution in [0.3, 0.4) is 0 Å². The Balaban J connectivity index is 1.71. The first-order chi connectivity index (χ1) is 11.1. The van der Waals surface area contributed by atoms with Gasteiger partial charge in [-0.3, -0.25) is 10.1 Å². The molecular weight excluding hydrogens is 294 g/mol. The molecule has 2 aromatic rings. The monoisotopic (exact) mass is 311 g/mol. The Labute approximate surface area is 133 Å². The number of phenolic OH excluding ortho intramolecular Hbond substituents is 1. The Bertz CT molecular complexity index is 788. The lowest BCUT2D eigenvalue weighted by Gasteiger charge is -2.23. The van der Waals surface area contributed by atoms with Crippen LogP contribution < -0.4 is 0 Å². The van der Waals surface area contributed by atoms with Gasteiger partial charge in [0.15, 0.2) is 0 Å². The highest BCUT2D eigenvalue weighted by atomic mass is 16.6. The summed E-state index contributed by atoms with van der Waals surface area (Å²) < 4.78 is 0. The Morgan fingerprint density at radius 1 is 1.00 bits per heavy atom. The van der Waals surface area contributed by atoms with E-state index in [-0.39, 0.29) is 22.5 Å². The predicted molar refractivity (Wildman–Crippen MR) is 83.6 cm³/mol. The van der Waals surface area contributed by atoms with Gasteiger partial charge in [0.25, 0.3) is 0 Å². The Morgan fingerprint density at radius 3 is 2.48 bits per heavy atom. The number of rotatable bonds is 2. The Morgan fingerprint density at radius 2 is 1.70 bits per heavy atom. The van der Waals surface area contributed by atoms with E-state index in [0.29, 0.717) is 18.4 Å². The van der Waals surface area contributed by atoms with E-state index in [1.807, 2.05) is 24.3 Å². The van der Waals surface area contributed by atoms with E-state index >= 15 is 0 Å². The summed E-state index contributed by atoms with van der Waals surface area (Å²) in [6.45, 7) is 0. The molecule has 4 rings (SSSR count). The smallest absolute Gasteiger partial charge is 0.241 e. The zero-order valence-electron chi connectivity index (χ0n) is 12.4. The summed E-state index contributed by atoms with van der Waals surface area (Å²) in [6, 6.07) is 11.7. The SMILES string of the molecule is O=[N+]([O-])C1c2ccccc2CC1C1Cc2ccc(O)cc2C1O. The van der Waals surface area contributed by atoms with Gasteiger partial charge in [-0.15, -0.1) is 0 Å². The largest absolute Gasteiger partial charge is 0.508 e. The third-order valence-corrected chi connectivity index (χ3v) is 5.32. The second kappa shape index (κ2) is 5.06. The minimum Gasteiger partial charge on any atom is -0.508 e. The maximum absolute atomic E-state index is 11.6. The molecule has 118 valence electrons. The summed E-state index contributed by atoms with van der Waals surface area (Å²) in [5.41, 5.74) is 3.45. The molecular formula is C18H17NO4. The van der Waals surface area contributed by atoms with Crippen molar-refractivity contribution in [1.29, 1.82) is 0 Å². The number of hydrogen-bond donors (Lipinski definition) is 2. The summed E-state index contributed by atoms with van der Waals surface area (Å²) in [7, 11) is 0. The first-order valence-corrected chi connectivity index (χ1v) is 7.77. The van der Waals surface area contributed by atoms with Crippen molar-refractivity contribution in [1.82, 2.24) is 0 Å². The summed E-state index contributed by atoms with van der Waals surface area (Å²) in [5.74, 6) is -0.314. The van der Waals surface area contributed by atoms with E-state index in [0.717, 1.165) is 16.7 Å². The zero-order valence-corrected chi connectivity index (χ0v) is 12.4. The van der Waals surface area contributed by atoms with E-state index < -0.39 is 12.1 Å². The molecule has 5 nitrogen and oxygen atoms in total. The van der Waals surface area contributed by atoms with E-state index in [1.54, 1.807) is 18.2 Å². The van der Waals surface area contributed by atoms with Crippen molar-refractivity contribution in [3.8, 4) is 5.75 Å². The van der Waals surface area contributed by atoms with Crippen molar-refractivity contribution >= 4 is 0 Å². The topological polar surface area (TPSA) is 83.6 Å². The fourth-order valence-electron chi connectivity index (χ4n) is 4.29. The molecule has 0 heterocycles. The van der Waals surface area contributed by atoms with Gasteiger partial charge in [0, 0.05) is 22.3 Å². The number of hydrogen-bond acceptors (Lipinski definition) is 4. The lowest BCUT2D eigenvalue weighted by Crippen LogP contribution is -2.27. The van der Waals surface area contributed by atoms with Crippen molar-refractivity contribution < 1.29 is 15.1 Å². The summed E-state index contributed by atoms with van der Waals surface area (Å²) in [4.78, 5) is 11.4. The quantitative estimate of drug-likeness (QED) is 0.660. The van der Waals surface area contributed by atoms with Crippen molar-refractivity contribution in [3.05, 3.63) is 74.8 Å². The van der Waals surface area contributed by atoms with Crippen LogP contribution in [0.15, 0.2) is 42.5 Å². The van der Waals surface area contributed by atoms with Gasteiger partial charge in [0.1, 0.15) is 5.75 Å². The second-order valence-corrected chi connectivity index (χ2v) is 6.49. The van der Waals surface area contributed by atoms with Gasteiger partial charge in [-0.1, -0.05) is 30.3 Å². The highest BCUT2D eigenvalue weighted by molar-refractivity contribution is 5.42. The highest BCUT2D eigenvalue weighted by Gasteiger charge is 2.49. The minimum atomic E-state index is -0.770. The molecule has 0 amide bonds. The summed E-state index contributed by atoms with van der Waals surface area (Å²) in [5, 5.41) is 31.9. The molecule has 23 heavy (non-hydrogen) atoms. The van der Waals surface area contributed by atoms with Crippen LogP contribution in [0, 0.1) is 22.0 Å². The normalized spacial score (nSPS) is 28.4. The van der Waals surface area contributed by atoms with Gasteiger partial charge in [0.2, 0.25) is 6.04 Å². The average molecular weight is 311 g/mol. The average Bonchev–Trinajstić information content (AvgIpc) is 3.06. The van der Waals surface area contributed by atoms with Crippen LogP contribution in [0.1, 0.15) is 34.4 Å². The van der Waals surface area contributed by atoms with Crippen LogP contribution in [0.2, 0.25) is 0 Å². The van der Waals surface area contributed by atoms with Crippen LogP contribution in [0.5, 0.6) is 5.75 Å². The molecule has 0 saturated heterocycles. The third-order valence-electron chi connectivity index (χ3n) is 5.32. The van der Waals surface area contributed by atoms with Crippen molar-refractivity contribution in [3.63, 3.8) is 0 Å². The maximum atomic E-state index is 11.6. The summed E-state index contributed by atoms with van der Waals surface area (Å²) >= 11 is 0. The lowest BCUT2D eigenvalue weighted by atomic mass is 9.83. The van der Waals surface area contributed by atoms with E-state index in [4.69, 9.17) is 0 Å². The molecule has 5 heteroatoms. The van der Waals surface area contributed by atoms with Crippen LogP contribution >= 0.6 is 0 Å². The first-order valence-electron chi connectivity index (χ1n) is 7.77. The number of aromatic hydroxyl groups is 1. The van der Waals surface area contributed by atoms with Crippen LogP contribution in [-0.2, 0) is 12.8 Å². The second-order valence-electron chi connectivity index (χ2n) is 6.49. The number of aliphatic hydroxyl groups excluding tert-OH is 1. The molecule has 0 bridgehead atoms. The molecule has 0 spiro atoms. The molecule has 4 atom stereocenters. The van der Waals surface area contributed by atoms with Crippen LogP contribution in [0.25, 0.3) is 0 Å². The van der Waals surface area contributed by atoms with Crippen LogP contribution in [0.4, 0.5) is 0 Å². The molecule has 2 aliphatic carbocycles. The van der Waals surface area contributed by atoms with Gasteiger partial charge in [-0.05, 0) is 41.7 Å². The van der Waals surface area contributed by atoms with Crippen molar-refractivity contribution in [2.45, 2.75) is 25.0 Å². The van der Waals surface area contributed by atoms with Gasteiger partial charge >= 0.3 is 0 Å². The lowest BCUT2D eigenvalue weighted by molar-refractivity contribution is -0.539. The predicted octanol–water partition coefficient (Wildman–Crippen LogP) is 2.79. The number of nitro groups is 1. The highest BCUT2D eigenvalue weighted by Crippen LogP contribution is 2.50. The number of nitrogens with zero attached hydrogens (tertiary/aromatic N) is 1. The maximum Gasteiger partial charge on any atom is 0.241 e. The Kier molecular flexibility index (Phi) is 3.13. The molecule has 0 fully saturated rings. The van der Waals surface area contributed by atoms with Gasteiger partial charge in [-0.2, -0.15) is 0 Å². The molecule has 2 aliphatic rings. The number of aliphatic hydroxyl groups is 1. The molecule has 2 N–H and O–H groups in total. The molecule has 2 aromatic carbocycles. The minimum absolute atomic E-state index is 0.115. The molecule has 4 unspecified atom stereocenters. The first kappa shape index (κ1) is 14.2. The molecule has 0 aliphatic heterocycles.